The maximum atomic E-state index is 5.98. The van der Waals surface area contributed by atoms with E-state index in [9.17, 15) is 0 Å². The smallest absolute Gasteiger partial charge is 0.320 e. The SMILES string of the molecule is CC.CCCN(CCC)c1cc(N/N=C2\CCCc3nonc32)nc(OCCN2CCOCC2)n1. The molecule has 2 aliphatic rings. The van der Waals surface area contributed by atoms with Crippen LogP contribution in [-0.4, -0.2) is 83.4 Å². The Morgan fingerprint density at radius 1 is 1.09 bits per heavy atom. The predicted octanol–water partition coefficient (Wildman–Crippen LogP) is 3.38. The van der Waals surface area contributed by atoms with Crippen LogP contribution in [0.5, 0.6) is 6.01 Å². The number of rotatable bonds is 11. The zero-order valence-electron chi connectivity index (χ0n) is 21.6. The first-order valence-corrected chi connectivity index (χ1v) is 13.0. The summed E-state index contributed by atoms with van der Waals surface area (Å²) < 4.78 is 16.3. The van der Waals surface area contributed by atoms with Crippen molar-refractivity contribution in [1.29, 1.82) is 0 Å². The van der Waals surface area contributed by atoms with Gasteiger partial charge in [-0.2, -0.15) is 15.1 Å². The van der Waals surface area contributed by atoms with Gasteiger partial charge in [-0.05, 0) is 37.3 Å². The van der Waals surface area contributed by atoms with E-state index in [2.05, 4.69) is 49.5 Å². The number of ether oxygens (including phenoxy) is 2. The molecule has 0 spiro atoms. The number of aromatic nitrogens is 4. The molecule has 0 saturated carbocycles. The van der Waals surface area contributed by atoms with Gasteiger partial charge < -0.3 is 14.4 Å². The summed E-state index contributed by atoms with van der Waals surface area (Å²) >= 11 is 0. The minimum atomic E-state index is 0.355. The van der Waals surface area contributed by atoms with Crippen molar-refractivity contribution in [1.82, 2.24) is 25.2 Å². The Balaban J connectivity index is 0.00000167. The lowest BCUT2D eigenvalue weighted by atomic mass is 9.99. The third-order valence-electron chi connectivity index (χ3n) is 5.71. The van der Waals surface area contributed by atoms with E-state index in [0.29, 0.717) is 18.4 Å². The van der Waals surface area contributed by atoms with Crippen LogP contribution in [-0.2, 0) is 11.2 Å². The quantitative estimate of drug-likeness (QED) is 0.472. The molecule has 11 heteroatoms. The fourth-order valence-corrected chi connectivity index (χ4v) is 4.03. The van der Waals surface area contributed by atoms with Crippen molar-refractivity contribution in [2.45, 2.75) is 59.8 Å². The highest BCUT2D eigenvalue weighted by atomic mass is 16.6. The molecule has 1 fully saturated rings. The van der Waals surface area contributed by atoms with E-state index in [4.69, 9.17) is 19.1 Å². The molecule has 2 aromatic rings. The number of hydrogen-bond donors (Lipinski definition) is 1. The summed E-state index contributed by atoms with van der Waals surface area (Å²) in [6, 6.07) is 2.28. The van der Waals surface area contributed by atoms with E-state index in [-0.39, 0.29) is 0 Å². The minimum Gasteiger partial charge on any atom is -0.462 e. The van der Waals surface area contributed by atoms with Crippen LogP contribution in [0.3, 0.4) is 0 Å². The molecular formula is C24H40N8O3. The molecule has 0 bridgehead atoms. The van der Waals surface area contributed by atoms with Crippen molar-refractivity contribution < 1.29 is 14.1 Å². The van der Waals surface area contributed by atoms with E-state index < -0.39 is 0 Å². The number of nitrogens with zero attached hydrogens (tertiary/aromatic N) is 7. The lowest BCUT2D eigenvalue weighted by molar-refractivity contribution is 0.0317. The van der Waals surface area contributed by atoms with Gasteiger partial charge in [0.05, 0.1) is 18.9 Å². The first-order valence-electron chi connectivity index (χ1n) is 13.0. The van der Waals surface area contributed by atoms with Gasteiger partial charge in [0.1, 0.15) is 18.1 Å². The molecule has 11 nitrogen and oxygen atoms in total. The van der Waals surface area contributed by atoms with Crippen molar-refractivity contribution in [3.63, 3.8) is 0 Å². The van der Waals surface area contributed by atoms with E-state index >= 15 is 0 Å². The maximum absolute atomic E-state index is 5.98. The molecule has 0 radical (unpaired) electrons. The van der Waals surface area contributed by atoms with Gasteiger partial charge in [0, 0.05) is 38.8 Å². The van der Waals surface area contributed by atoms with Gasteiger partial charge in [-0.3, -0.25) is 10.3 Å². The molecule has 3 heterocycles. The molecule has 1 aliphatic heterocycles. The number of hydrogen-bond acceptors (Lipinski definition) is 11. The summed E-state index contributed by atoms with van der Waals surface area (Å²) in [7, 11) is 0. The molecule has 0 aromatic carbocycles. The second kappa shape index (κ2) is 14.6. The van der Waals surface area contributed by atoms with Crippen LogP contribution < -0.4 is 15.1 Å². The van der Waals surface area contributed by atoms with E-state index in [1.807, 2.05) is 19.9 Å². The molecule has 1 N–H and O–H groups in total. The molecular weight excluding hydrogens is 448 g/mol. The highest BCUT2D eigenvalue weighted by Gasteiger charge is 2.21. The zero-order chi connectivity index (χ0) is 24.9. The van der Waals surface area contributed by atoms with Gasteiger partial charge in [0.15, 0.2) is 11.5 Å². The normalized spacial score (nSPS) is 16.9. The fourth-order valence-electron chi connectivity index (χ4n) is 4.03. The number of aryl methyl sites for hydroxylation is 1. The Labute approximate surface area is 208 Å². The highest BCUT2D eigenvalue weighted by Crippen LogP contribution is 2.22. The lowest BCUT2D eigenvalue weighted by Gasteiger charge is -2.26. The molecule has 2 aromatic heterocycles. The van der Waals surface area contributed by atoms with Gasteiger partial charge in [0.2, 0.25) is 0 Å². The molecule has 194 valence electrons. The summed E-state index contributed by atoms with van der Waals surface area (Å²) in [6.45, 7) is 14.9. The predicted molar refractivity (Wildman–Crippen MR) is 136 cm³/mol. The standard InChI is InChI=1S/C22H34N8O3.C2H6/c1-3-8-30(9-4-2)20-16-19(26-25-17-6-5-7-18-21(17)28-33-27-18)23-22(24-20)32-15-12-29-10-13-31-14-11-29;1-2/h16H,3-15H2,1-2H3,(H,23,24,26);1-2H3/b25-17+;. The average Bonchev–Trinajstić information content (AvgIpc) is 3.39. The molecule has 4 rings (SSSR count). The number of nitrogens with one attached hydrogen (secondary N) is 1. The van der Waals surface area contributed by atoms with Crippen molar-refractivity contribution >= 4 is 17.3 Å². The van der Waals surface area contributed by atoms with Gasteiger partial charge in [0.25, 0.3) is 0 Å². The van der Waals surface area contributed by atoms with Gasteiger partial charge in [-0.25, -0.2) is 4.63 Å². The summed E-state index contributed by atoms with van der Waals surface area (Å²) in [5, 5.41) is 12.6. The van der Waals surface area contributed by atoms with Crippen LogP contribution in [0, 0.1) is 0 Å². The first-order chi connectivity index (χ1) is 17.3. The molecule has 1 saturated heterocycles. The monoisotopic (exact) mass is 488 g/mol. The fraction of sp³-hybridized carbons (Fsp3) is 0.708. The largest absolute Gasteiger partial charge is 0.462 e. The average molecular weight is 489 g/mol. The van der Waals surface area contributed by atoms with Crippen LogP contribution in [0.15, 0.2) is 15.8 Å². The third-order valence-corrected chi connectivity index (χ3v) is 5.71. The van der Waals surface area contributed by atoms with Crippen molar-refractivity contribution in [2.75, 3.05) is 62.9 Å². The first kappa shape index (κ1) is 26.8. The zero-order valence-corrected chi connectivity index (χ0v) is 21.6. The van der Waals surface area contributed by atoms with Crippen LogP contribution in [0.4, 0.5) is 11.6 Å². The Hall–Kier alpha value is -2.79. The summed E-state index contributed by atoms with van der Waals surface area (Å²) in [4.78, 5) is 13.8. The van der Waals surface area contributed by atoms with E-state index in [1.165, 1.54) is 0 Å². The molecule has 0 unspecified atom stereocenters. The molecule has 35 heavy (non-hydrogen) atoms. The van der Waals surface area contributed by atoms with Crippen LogP contribution >= 0.6 is 0 Å². The Morgan fingerprint density at radius 2 is 1.86 bits per heavy atom. The Morgan fingerprint density at radius 3 is 2.60 bits per heavy atom. The van der Waals surface area contributed by atoms with Crippen molar-refractivity contribution in [3.8, 4) is 6.01 Å². The van der Waals surface area contributed by atoms with Gasteiger partial charge in [-0.15, -0.1) is 0 Å². The second-order valence-corrected chi connectivity index (χ2v) is 8.27. The van der Waals surface area contributed by atoms with Crippen LogP contribution in [0.1, 0.15) is 64.8 Å². The van der Waals surface area contributed by atoms with Crippen LogP contribution in [0.2, 0.25) is 0 Å². The van der Waals surface area contributed by atoms with E-state index in [0.717, 1.165) is 101 Å². The Bertz CT molecular complexity index is 908. The van der Waals surface area contributed by atoms with Gasteiger partial charge >= 0.3 is 6.01 Å². The van der Waals surface area contributed by atoms with Crippen molar-refractivity contribution in [2.24, 2.45) is 5.10 Å². The Kier molecular flexibility index (Phi) is 11.2. The number of anilines is 2. The minimum absolute atomic E-state index is 0.355. The van der Waals surface area contributed by atoms with E-state index in [1.54, 1.807) is 0 Å². The second-order valence-electron chi connectivity index (χ2n) is 8.27. The van der Waals surface area contributed by atoms with Gasteiger partial charge in [-0.1, -0.05) is 32.9 Å². The number of morpholine rings is 1. The highest BCUT2D eigenvalue weighted by molar-refractivity contribution is 6.00. The van der Waals surface area contributed by atoms with Crippen molar-refractivity contribution in [3.05, 3.63) is 17.5 Å². The molecule has 0 amide bonds. The van der Waals surface area contributed by atoms with Crippen LogP contribution in [0.25, 0.3) is 0 Å². The molecule has 1 aliphatic carbocycles. The summed E-state index contributed by atoms with van der Waals surface area (Å²) in [5.41, 5.74) is 5.51. The number of fused-ring (bicyclic) bond motifs is 1. The maximum Gasteiger partial charge on any atom is 0.320 e. The summed E-state index contributed by atoms with van der Waals surface area (Å²) in [6.07, 6.45) is 4.70. The number of hydrazone groups is 1. The summed E-state index contributed by atoms with van der Waals surface area (Å²) in [5.74, 6) is 1.43. The molecule has 0 atom stereocenters. The topological polar surface area (TPSA) is 114 Å². The lowest BCUT2D eigenvalue weighted by Crippen LogP contribution is -2.38. The third kappa shape index (κ3) is 7.86.